The predicted molar refractivity (Wildman–Crippen MR) is 87.1 cm³/mol. The second-order valence-electron chi connectivity index (χ2n) is 4.79. The molecule has 1 aromatic heterocycles. The first-order chi connectivity index (χ1) is 10.7. The first-order valence-electron chi connectivity index (χ1n) is 6.70. The van der Waals surface area contributed by atoms with Gasteiger partial charge in [0.05, 0.1) is 23.9 Å². The van der Waals surface area contributed by atoms with Crippen molar-refractivity contribution in [3.05, 3.63) is 54.2 Å². The van der Waals surface area contributed by atoms with Crippen molar-refractivity contribution in [3.63, 3.8) is 0 Å². The Labute approximate surface area is 128 Å². The maximum Gasteiger partial charge on any atom is 0.120 e. The molecule has 108 valence electrons. The van der Waals surface area contributed by atoms with E-state index >= 15 is 0 Å². The molecule has 5 nitrogen and oxygen atoms in total. The van der Waals surface area contributed by atoms with E-state index < -0.39 is 0 Å². The van der Waals surface area contributed by atoms with Gasteiger partial charge < -0.3 is 15.8 Å². The molecule has 3 aromatic rings. The third-order valence-electron chi connectivity index (χ3n) is 3.35. The summed E-state index contributed by atoms with van der Waals surface area (Å²) in [5.41, 5.74) is 9.24. The topological polar surface area (TPSA) is 84.0 Å². The van der Waals surface area contributed by atoms with Gasteiger partial charge in [-0.1, -0.05) is 6.07 Å². The van der Waals surface area contributed by atoms with Crippen molar-refractivity contribution in [1.82, 2.24) is 4.98 Å². The number of fused-ring (bicyclic) bond motifs is 1. The number of pyridine rings is 1. The van der Waals surface area contributed by atoms with E-state index in [9.17, 15) is 5.26 Å². The van der Waals surface area contributed by atoms with Gasteiger partial charge in [0.1, 0.15) is 11.8 Å². The Balaban J connectivity index is 2.15. The van der Waals surface area contributed by atoms with Gasteiger partial charge in [-0.15, -0.1) is 0 Å². The molecule has 0 spiro atoms. The smallest absolute Gasteiger partial charge is 0.120 e. The van der Waals surface area contributed by atoms with Crippen LogP contribution in [0.2, 0.25) is 0 Å². The molecular formula is C17H14N4O. The molecule has 0 bridgehead atoms. The summed E-state index contributed by atoms with van der Waals surface area (Å²) in [6.07, 6.45) is 1.56. The summed E-state index contributed by atoms with van der Waals surface area (Å²) >= 11 is 0. The maximum atomic E-state index is 9.34. The van der Waals surface area contributed by atoms with Crippen molar-refractivity contribution in [2.45, 2.75) is 0 Å². The number of aromatic nitrogens is 1. The van der Waals surface area contributed by atoms with E-state index in [2.05, 4.69) is 16.4 Å². The minimum atomic E-state index is 0.459. The summed E-state index contributed by atoms with van der Waals surface area (Å²) in [5, 5.41) is 13.4. The Morgan fingerprint density at radius 2 is 2.09 bits per heavy atom. The minimum absolute atomic E-state index is 0.459. The van der Waals surface area contributed by atoms with E-state index in [-0.39, 0.29) is 0 Å². The maximum absolute atomic E-state index is 9.34. The number of benzene rings is 2. The van der Waals surface area contributed by atoms with E-state index in [4.69, 9.17) is 10.5 Å². The van der Waals surface area contributed by atoms with E-state index in [1.807, 2.05) is 36.4 Å². The minimum Gasteiger partial charge on any atom is -0.497 e. The molecule has 1 heterocycles. The molecule has 0 unspecified atom stereocenters. The fourth-order valence-electron chi connectivity index (χ4n) is 2.27. The van der Waals surface area contributed by atoms with Gasteiger partial charge in [0.2, 0.25) is 0 Å². The lowest BCUT2D eigenvalue weighted by molar-refractivity contribution is 0.415. The van der Waals surface area contributed by atoms with Crippen molar-refractivity contribution >= 4 is 28.0 Å². The molecule has 0 atom stereocenters. The van der Waals surface area contributed by atoms with Gasteiger partial charge in [-0.25, -0.2) is 0 Å². The summed E-state index contributed by atoms with van der Waals surface area (Å²) < 4.78 is 5.22. The van der Waals surface area contributed by atoms with Crippen molar-refractivity contribution in [2.75, 3.05) is 18.2 Å². The molecular weight excluding hydrogens is 276 g/mol. The molecule has 2 aromatic carbocycles. The number of nitrogens with zero attached hydrogens (tertiary/aromatic N) is 2. The highest BCUT2D eigenvalue weighted by Gasteiger charge is 2.10. The van der Waals surface area contributed by atoms with Crippen LogP contribution in [-0.2, 0) is 0 Å². The number of methoxy groups -OCH3 is 1. The van der Waals surface area contributed by atoms with Crippen LogP contribution in [0.4, 0.5) is 17.1 Å². The fourth-order valence-corrected chi connectivity index (χ4v) is 2.27. The van der Waals surface area contributed by atoms with E-state index in [1.54, 1.807) is 19.4 Å². The van der Waals surface area contributed by atoms with Gasteiger partial charge in [0.15, 0.2) is 0 Å². The Bertz CT molecular complexity index is 883. The molecule has 0 aliphatic heterocycles. The van der Waals surface area contributed by atoms with Gasteiger partial charge in [-0.05, 0) is 30.3 Å². The Kier molecular flexibility index (Phi) is 3.50. The normalized spacial score (nSPS) is 10.2. The summed E-state index contributed by atoms with van der Waals surface area (Å²) in [5.74, 6) is 0.737. The highest BCUT2D eigenvalue weighted by molar-refractivity contribution is 5.97. The summed E-state index contributed by atoms with van der Waals surface area (Å²) in [4.78, 5) is 4.29. The predicted octanol–water partition coefficient (Wildman–Crippen LogP) is 3.44. The number of nitrogen functional groups attached to an aromatic ring is 1. The molecule has 3 rings (SSSR count). The molecule has 0 radical (unpaired) electrons. The fraction of sp³-hybridized carbons (Fsp3) is 0.0588. The van der Waals surface area contributed by atoms with Crippen LogP contribution < -0.4 is 15.8 Å². The lowest BCUT2D eigenvalue weighted by Gasteiger charge is -2.12. The summed E-state index contributed by atoms with van der Waals surface area (Å²) in [6.45, 7) is 0. The van der Waals surface area contributed by atoms with Crippen LogP contribution >= 0.6 is 0 Å². The number of hydrogen-bond donors (Lipinski definition) is 2. The number of hydrogen-bond acceptors (Lipinski definition) is 5. The zero-order chi connectivity index (χ0) is 15.5. The van der Waals surface area contributed by atoms with Gasteiger partial charge in [0, 0.05) is 29.0 Å². The molecule has 3 N–H and O–H groups in total. The summed E-state index contributed by atoms with van der Waals surface area (Å²) in [7, 11) is 1.61. The van der Waals surface area contributed by atoms with Crippen LogP contribution in [0.1, 0.15) is 5.56 Å². The second-order valence-corrected chi connectivity index (χ2v) is 4.79. The average molecular weight is 290 g/mol. The van der Waals surface area contributed by atoms with Gasteiger partial charge >= 0.3 is 0 Å². The largest absolute Gasteiger partial charge is 0.497 e. The monoisotopic (exact) mass is 290 g/mol. The number of anilines is 3. The molecule has 0 fully saturated rings. The van der Waals surface area contributed by atoms with E-state index in [0.717, 1.165) is 22.3 Å². The molecule has 0 aliphatic carbocycles. The SMILES string of the molecule is COc1cccc(Nc2c(C#N)cnc3ccc(N)cc23)c1. The quantitative estimate of drug-likeness (QED) is 0.722. The average Bonchev–Trinajstić information content (AvgIpc) is 2.55. The van der Waals surface area contributed by atoms with E-state index in [0.29, 0.717) is 16.9 Å². The number of rotatable bonds is 3. The van der Waals surface area contributed by atoms with Gasteiger partial charge in [-0.3, -0.25) is 4.98 Å². The van der Waals surface area contributed by atoms with Crippen molar-refractivity contribution in [3.8, 4) is 11.8 Å². The van der Waals surface area contributed by atoms with Crippen LogP contribution in [-0.4, -0.2) is 12.1 Å². The zero-order valence-electron chi connectivity index (χ0n) is 12.0. The Morgan fingerprint density at radius 1 is 1.23 bits per heavy atom. The number of nitrogens with two attached hydrogens (primary N) is 1. The van der Waals surface area contributed by atoms with Crippen molar-refractivity contribution in [1.29, 1.82) is 5.26 Å². The molecule has 5 heteroatoms. The lowest BCUT2D eigenvalue weighted by Crippen LogP contribution is -1.98. The molecule has 22 heavy (non-hydrogen) atoms. The zero-order valence-corrected chi connectivity index (χ0v) is 12.0. The van der Waals surface area contributed by atoms with E-state index in [1.165, 1.54) is 0 Å². The van der Waals surface area contributed by atoms with Crippen molar-refractivity contribution < 1.29 is 4.74 Å². The number of nitriles is 1. The molecule has 0 saturated heterocycles. The van der Waals surface area contributed by atoms with Crippen LogP contribution in [0.15, 0.2) is 48.7 Å². The second kappa shape index (κ2) is 5.62. The Hall–Kier alpha value is -3.26. The first-order valence-corrected chi connectivity index (χ1v) is 6.70. The third-order valence-corrected chi connectivity index (χ3v) is 3.35. The first kappa shape index (κ1) is 13.7. The van der Waals surface area contributed by atoms with Crippen LogP contribution in [0, 0.1) is 11.3 Å². The lowest BCUT2D eigenvalue weighted by atomic mass is 10.1. The van der Waals surface area contributed by atoms with Crippen LogP contribution in [0.3, 0.4) is 0 Å². The van der Waals surface area contributed by atoms with Gasteiger partial charge in [0.25, 0.3) is 0 Å². The van der Waals surface area contributed by atoms with Crippen molar-refractivity contribution in [2.24, 2.45) is 0 Å². The summed E-state index contributed by atoms with van der Waals surface area (Å²) in [6, 6.07) is 15.1. The highest BCUT2D eigenvalue weighted by Crippen LogP contribution is 2.31. The van der Waals surface area contributed by atoms with Gasteiger partial charge in [-0.2, -0.15) is 5.26 Å². The third kappa shape index (κ3) is 2.50. The highest BCUT2D eigenvalue weighted by atomic mass is 16.5. The molecule has 0 aliphatic rings. The van der Waals surface area contributed by atoms with Crippen LogP contribution in [0.25, 0.3) is 10.9 Å². The molecule has 0 amide bonds. The number of ether oxygens (including phenoxy) is 1. The van der Waals surface area contributed by atoms with Crippen LogP contribution in [0.5, 0.6) is 5.75 Å². The Morgan fingerprint density at radius 3 is 2.86 bits per heavy atom. The number of nitrogens with one attached hydrogen (secondary N) is 1. The standard InChI is InChI=1S/C17H14N4O/c1-22-14-4-2-3-13(8-14)21-17-11(9-18)10-20-16-6-5-12(19)7-15(16)17/h2-8,10H,19H2,1H3,(H,20,21). The molecule has 0 saturated carbocycles.